The van der Waals surface area contributed by atoms with Gasteiger partial charge in [-0.1, -0.05) is 153 Å². The molecule has 0 aromatic heterocycles. The van der Waals surface area contributed by atoms with Crippen LogP contribution in [0.15, 0.2) is 140 Å². The molecule has 0 heterocycles. The van der Waals surface area contributed by atoms with Gasteiger partial charge in [0.15, 0.2) is 0 Å². The van der Waals surface area contributed by atoms with Crippen LogP contribution in [0.25, 0.3) is 11.1 Å². The van der Waals surface area contributed by atoms with Crippen LogP contribution in [0.4, 0.5) is 0 Å². The summed E-state index contributed by atoms with van der Waals surface area (Å²) in [6.07, 6.45) is 19.1. The minimum atomic E-state index is -0.465. The van der Waals surface area contributed by atoms with Crippen molar-refractivity contribution in [3.8, 4) is 0 Å². The van der Waals surface area contributed by atoms with Crippen LogP contribution in [0.3, 0.4) is 0 Å². The van der Waals surface area contributed by atoms with Crippen LogP contribution in [0.2, 0.25) is 0 Å². The van der Waals surface area contributed by atoms with Crippen molar-refractivity contribution in [1.29, 1.82) is 0 Å². The zero-order chi connectivity index (χ0) is 26.5. The Bertz CT molecular complexity index is 1500. The summed E-state index contributed by atoms with van der Waals surface area (Å²) in [7, 11) is 0. The fraction of sp³-hybridized carbons (Fsp3) is 0.179. The molecule has 4 aromatic rings. The second kappa shape index (κ2) is 11.3. The summed E-state index contributed by atoms with van der Waals surface area (Å²) in [6.45, 7) is 2.26. The first-order valence-electron chi connectivity index (χ1n) is 14.4. The van der Waals surface area contributed by atoms with Crippen molar-refractivity contribution in [2.24, 2.45) is 0 Å². The van der Waals surface area contributed by atoms with E-state index in [1.54, 1.807) is 0 Å². The summed E-state index contributed by atoms with van der Waals surface area (Å²) in [6, 6.07) is 38.7. The molecule has 0 atom stereocenters. The maximum absolute atomic E-state index is 2.39. The van der Waals surface area contributed by atoms with Crippen molar-refractivity contribution < 1.29 is 0 Å². The lowest BCUT2D eigenvalue weighted by molar-refractivity contribution is 0.739. The van der Waals surface area contributed by atoms with Gasteiger partial charge in [-0.15, -0.1) is 0 Å². The molecule has 6 rings (SSSR count). The van der Waals surface area contributed by atoms with Gasteiger partial charge in [-0.25, -0.2) is 0 Å². The highest BCUT2D eigenvalue weighted by Gasteiger charge is 2.41. The van der Waals surface area contributed by atoms with E-state index in [1.165, 1.54) is 62.9 Å². The Morgan fingerprint density at radius 2 is 1.18 bits per heavy atom. The second-order valence-corrected chi connectivity index (χ2v) is 10.7. The molecule has 39 heavy (non-hydrogen) atoms. The number of unbranched alkanes of at least 4 members (excludes halogenated alkanes) is 1. The van der Waals surface area contributed by atoms with Crippen LogP contribution in [0.1, 0.15) is 71.6 Å². The summed E-state index contributed by atoms with van der Waals surface area (Å²) in [5.41, 5.74) is 11.7. The van der Waals surface area contributed by atoms with Gasteiger partial charge < -0.3 is 0 Å². The quantitative estimate of drug-likeness (QED) is 0.199. The Hall–Kier alpha value is -4.16. The third-order valence-corrected chi connectivity index (χ3v) is 8.30. The smallest absolute Gasteiger partial charge is 0.0707 e. The number of benzene rings is 4. The Balaban J connectivity index is 1.70. The molecule has 0 fully saturated rings. The number of allylic oxidation sites excluding steroid dienone is 8. The maximum Gasteiger partial charge on any atom is 0.0707 e. The van der Waals surface area contributed by atoms with Crippen LogP contribution >= 0.6 is 0 Å². The molecule has 0 heteroatoms. The first-order chi connectivity index (χ1) is 19.3. The molecule has 2 aliphatic carbocycles. The van der Waals surface area contributed by atoms with E-state index < -0.39 is 5.41 Å². The van der Waals surface area contributed by atoms with Crippen LogP contribution in [0, 0.1) is 0 Å². The molecular weight excluding hydrogens is 468 g/mol. The molecule has 0 saturated heterocycles. The summed E-state index contributed by atoms with van der Waals surface area (Å²) >= 11 is 0. The molecule has 0 saturated carbocycles. The van der Waals surface area contributed by atoms with Gasteiger partial charge in [-0.3, -0.25) is 0 Å². The SMILES string of the molecule is CCCCc1ccc(C(c2ccccc2)(c2ccccc2)c2cccc(C3=CC=CC3)c2C2=CC=CC2)cc1. The van der Waals surface area contributed by atoms with Gasteiger partial charge in [0.05, 0.1) is 5.41 Å². The molecule has 0 spiro atoms. The topological polar surface area (TPSA) is 0 Å². The summed E-state index contributed by atoms with van der Waals surface area (Å²) in [5, 5.41) is 0. The standard InChI is InChI=1S/C39H36/c1-2-3-15-30-26-28-35(29-27-30)39(33-20-6-4-7-21-33,34-22-8-5-9-23-34)37-25-14-24-36(31-16-10-11-17-31)38(37)32-18-12-13-19-32/h4-14,16,18,20-29H,2-3,15,17,19H2,1H3. The second-order valence-electron chi connectivity index (χ2n) is 10.7. The average Bonchev–Trinajstić information content (AvgIpc) is 3.74. The maximum atomic E-state index is 2.39. The molecule has 4 aromatic carbocycles. The minimum Gasteiger partial charge on any atom is -0.0801 e. The lowest BCUT2D eigenvalue weighted by atomic mass is 9.62. The molecule has 0 N–H and O–H groups in total. The van der Waals surface area contributed by atoms with E-state index in [1.807, 2.05) is 0 Å². The van der Waals surface area contributed by atoms with Crippen LogP contribution in [-0.4, -0.2) is 0 Å². The van der Waals surface area contributed by atoms with Crippen molar-refractivity contribution in [2.45, 2.75) is 44.4 Å². The van der Waals surface area contributed by atoms with E-state index in [9.17, 15) is 0 Å². The van der Waals surface area contributed by atoms with Crippen LogP contribution in [0.5, 0.6) is 0 Å². The fourth-order valence-corrected chi connectivity index (χ4v) is 6.40. The van der Waals surface area contributed by atoms with E-state index in [0.717, 1.165) is 19.3 Å². The highest BCUT2D eigenvalue weighted by Crippen LogP contribution is 2.50. The molecule has 0 amide bonds. The minimum absolute atomic E-state index is 0.465. The van der Waals surface area contributed by atoms with Crippen molar-refractivity contribution in [3.05, 3.63) is 179 Å². The summed E-state index contributed by atoms with van der Waals surface area (Å²) in [5.74, 6) is 0. The molecule has 0 unspecified atom stereocenters. The van der Waals surface area contributed by atoms with Crippen LogP contribution < -0.4 is 0 Å². The highest BCUT2D eigenvalue weighted by atomic mass is 14.4. The monoisotopic (exact) mass is 504 g/mol. The zero-order valence-electron chi connectivity index (χ0n) is 22.8. The molecule has 0 nitrogen and oxygen atoms in total. The number of hydrogen-bond acceptors (Lipinski definition) is 0. The van der Waals surface area contributed by atoms with E-state index in [2.05, 4.69) is 147 Å². The van der Waals surface area contributed by atoms with Gasteiger partial charge in [0.1, 0.15) is 0 Å². The van der Waals surface area contributed by atoms with Gasteiger partial charge in [-0.2, -0.15) is 0 Å². The Labute approximate surface area is 233 Å². The van der Waals surface area contributed by atoms with Crippen molar-refractivity contribution in [2.75, 3.05) is 0 Å². The fourth-order valence-electron chi connectivity index (χ4n) is 6.40. The van der Waals surface area contributed by atoms with E-state index >= 15 is 0 Å². The first-order valence-corrected chi connectivity index (χ1v) is 14.4. The molecule has 0 bridgehead atoms. The molecule has 192 valence electrons. The summed E-state index contributed by atoms with van der Waals surface area (Å²) < 4.78 is 0. The molecule has 0 radical (unpaired) electrons. The van der Waals surface area contributed by atoms with Crippen molar-refractivity contribution >= 4 is 11.1 Å². The Kier molecular flexibility index (Phi) is 7.28. The molecule has 2 aliphatic rings. The third kappa shape index (κ3) is 4.66. The average molecular weight is 505 g/mol. The molecule has 0 aliphatic heterocycles. The Morgan fingerprint density at radius 3 is 1.74 bits per heavy atom. The van der Waals surface area contributed by atoms with Crippen LogP contribution in [-0.2, 0) is 11.8 Å². The van der Waals surface area contributed by atoms with Gasteiger partial charge in [-0.05, 0) is 75.8 Å². The van der Waals surface area contributed by atoms with E-state index in [0.29, 0.717) is 0 Å². The predicted octanol–water partition coefficient (Wildman–Crippen LogP) is 10.1. The summed E-state index contributed by atoms with van der Waals surface area (Å²) in [4.78, 5) is 0. The van der Waals surface area contributed by atoms with Crippen molar-refractivity contribution in [1.82, 2.24) is 0 Å². The van der Waals surface area contributed by atoms with Gasteiger partial charge in [0.2, 0.25) is 0 Å². The number of hydrogen-bond donors (Lipinski definition) is 0. The zero-order valence-corrected chi connectivity index (χ0v) is 22.8. The first kappa shape index (κ1) is 25.1. The van der Waals surface area contributed by atoms with Gasteiger partial charge >= 0.3 is 0 Å². The van der Waals surface area contributed by atoms with E-state index in [-0.39, 0.29) is 0 Å². The van der Waals surface area contributed by atoms with Gasteiger partial charge in [0.25, 0.3) is 0 Å². The normalized spacial score (nSPS) is 14.5. The number of aryl methyl sites for hydroxylation is 1. The third-order valence-electron chi connectivity index (χ3n) is 8.30. The van der Waals surface area contributed by atoms with E-state index in [4.69, 9.17) is 0 Å². The lowest BCUT2D eigenvalue weighted by Gasteiger charge is -2.39. The largest absolute Gasteiger partial charge is 0.0801 e. The highest BCUT2D eigenvalue weighted by molar-refractivity contribution is 5.87. The molecular formula is C39H36. The van der Waals surface area contributed by atoms with Gasteiger partial charge in [0, 0.05) is 0 Å². The number of rotatable bonds is 9. The Morgan fingerprint density at radius 1 is 0.590 bits per heavy atom. The van der Waals surface area contributed by atoms with Crippen molar-refractivity contribution in [3.63, 3.8) is 0 Å². The lowest BCUT2D eigenvalue weighted by Crippen LogP contribution is -2.32. The predicted molar refractivity (Wildman–Crippen MR) is 167 cm³/mol.